The van der Waals surface area contributed by atoms with E-state index in [9.17, 15) is 9.90 Å². The first-order valence-electron chi connectivity index (χ1n) is 7.28. The van der Waals surface area contributed by atoms with Gasteiger partial charge in [-0.1, -0.05) is 0 Å². The molecule has 2 rings (SSSR count). The minimum Gasteiger partial charge on any atom is -0.507 e. The fourth-order valence-corrected chi connectivity index (χ4v) is 2.27. The second-order valence-electron chi connectivity index (χ2n) is 4.62. The molecule has 7 nitrogen and oxygen atoms in total. The predicted molar refractivity (Wildman–Crippen MR) is 83.0 cm³/mol. The number of hydrogen-bond donors (Lipinski definition) is 2. The Morgan fingerprint density at radius 3 is 2.59 bits per heavy atom. The first-order valence-corrected chi connectivity index (χ1v) is 7.28. The Hall–Kier alpha value is -2.57. The third-order valence-corrected chi connectivity index (χ3v) is 3.38. The van der Waals surface area contributed by atoms with Crippen LogP contribution in [0.2, 0.25) is 0 Å². The highest BCUT2D eigenvalue weighted by molar-refractivity contribution is 5.94. The monoisotopic (exact) mass is 304 g/mol. The fraction of sp³-hybridized carbons (Fsp3) is 0.400. The zero-order chi connectivity index (χ0) is 16.1. The van der Waals surface area contributed by atoms with Crippen LogP contribution in [0, 0.1) is 0 Å². The number of benzene rings is 1. The van der Waals surface area contributed by atoms with Crippen molar-refractivity contribution in [1.82, 2.24) is 15.4 Å². The molecule has 1 aromatic carbocycles. The second kappa shape index (κ2) is 6.93. The molecule has 0 aliphatic carbocycles. The van der Waals surface area contributed by atoms with Gasteiger partial charge in [0.2, 0.25) is 0 Å². The van der Waals surface area contributed by atoms with Crippen molar-refractivity contribution < 1.29 is 14.6 Å². The van der Waals surface area contributed by atoms with E-state index in [0.29, 0.717) is 5.56 Å². The number of rotatable bonds is 6. The van der Waals surface area contributed by atoms with Crippen LogP contribution in [0.5, 0.6) is 5.75 Å². The summed E-state index contributed by atoms with van der Waals surface area (Å²) in [5.74, 6) is -0.526. The first-order chi connectivity index (χ1) is 10.6. The lowest BCUT2D eigenvalue weighted by Gasteiger charge is -2.21. The topological polar surface area (TPSA) is 91.3 Å². The van der Waals surface area contributed by atoms with Gasteiger partial charge in [-0.15, -0.1) is 5.10 Å². The van der Waals surface area contributed by atoms with Gasteiger partial charge in [-0.3, -0.25) is 0 Å². The number of carbonyl (C=O) groups is 1. The normalized spacial score (nSPS) is 10.5. The van der Waals surface area contributed by atoms with Crippen LogP contribution in [0.15, 0.2) is 18.2 Å². The Labute approximate surface area is 128 Å². The smallest absolute Gasteiger partial charge is 0.361 e. The molecule has 2 N–H and O–H groups in total. The van der Waals surface area contributed by atoms with Crippen molar-refractivity contribution in [3.63, 3.8) is 0 Å². The highest BCUT2D eigenvalue weighted by atomic mass is 16.5. The molecule has 0 atom stereocenters. The van der Waals surface area contributed by atoms with Crippen LogP contribution in [0.1, 0.15) is 31.3 Å². The van der Waals surface area contributed by atoms with E-state index < -0.39 is 5.97 Å². The minimum atomic E-state index is -0.571. The van der Waals surface area contributed by atoms with Gasteiger partial charge in [-0.25, -0.2) is 4.79 Å². The zero-order valence-electron chi connectivity index (χ0n) is 13.0. The number of anilines is 1. The average molecular weight is 304 g/mol. The van der Waals surface area contributed by atoms with E-state index in [0.717, 1.165) is 18.8 Å². The average Bonchev–Trinajstić information content (AvgIpc) is 2.98. The van der Waals surface area contributed by atoms with Crippen molar-refractivity contribution in [1.29, 1.82) is 0 Å². The van der Waals surface area contributed by atoms with Gasteiger partial charge in [0.05, 0.1) is 6.61 Å². The lowest BCUT2D eigenvalue weighted by Crippen LogP contribution is -2.21. The standard InChI is InChI=1S/C15H20N4O3/c1-4-19(5-2)10-7-8-11(12(20)9-10)13-14(17-18-16-13)15(21)22-6-3/h7-9,20H,4-6H2,1-3H3,(H,16,17,18). The van der Waals surface area contributed by atoms with Crippen LogP contribution >= 0.6 is 0 Å². The molecule has 0 saturated heterocycles. The second-order valence-corrected chi connectivity index (χ2v) is 4.62. The van der Waals surface area contributed by atoms with Crippen LogP contribution in [-0.2, 0) is 4.74 Å². The molecule has 0 amide bonds. The number of phenols is 1. The molecule has 0 bridgehead atoms. The summed E-state index contributed by atoms with van der Waals surface area (Å²) in [6.07, 6.45) is 0. The van der Waals surface area contributed by atoms with Gasteiger partial charge in [-0.05, 0) is 32.9 Å². The van der Waals surface area contributed by atoms with E-state index in [2.05, 4.69) is 20.3 Å². The number of nitrogens with one attached hydrogen (secondary N) is 1. The van der Waals surface area contributed by atoms with Gasteiger partial charge in [0.25, 0.3) is 0 Å². The van der Waals surface area contributed by atoms with E-state index in [-0.39, 0.29) is 23.7 Å². The molecular formula is C15H20N4O3. The number of phenolic OH excluding ortho intramolecular Hbond substituents is 1. The van der Waals surface area contributed by atoms with E-state index in [1.807, 2.05) is 19.9 Å². The van der Waals surface area contributed by atoms with Crippen molar-refractivity contribution in [2.75, 3.05) is 24.6 Å². The van der Waals surface area contributed by atoms with Crippen LogP contribution < -0.4 is 4.90 Å². The predicted octanol–water partition coefficient (Wildman–Crippen LogP) is 2.20. The molecule has 0 fully saturated rings. The Balaban J connectivity index is 2.38. The van der Waals surface area contributed by atoms with Crippen LogP contribution in [0.25, 0.3) is 11.3 Å². The largest absolute Gasteiger partial charge is 0.507 e. The summed E-state index contributed by atoms with van der Waals surface area (Å²) >= 11 is 0. The number of esters is 1. The van der Waals surface area contributed by atoms with Gasteiger partial charge in [0.15, 0.2) is 5.69 Å². The van der Waals surface area contributed by atoms with Crippen LogP contribution in [0.4, 0.5) is 5.69 Å². The molecule has 0 aliphatic heterocycles. The van der Waals surface area contributed by atoms with Gasteiger partial charge in [0, 0.05) is 30.4 Å². The molecule has 0 saturated carbocycles. The molecule has 1 aromatic heterocycles. The number of aromatic amines is 1. The Morgan fingerprint density at radius 1 is 1.27 bits per heavy atom. The van der Waals surface area contributed by atoms with Gasteiger partial charge in [-0.2, -0.15) is 10.3 Å². The number of H-pyrrole nitrogens is 1. The molecule has 0 radical (unpaired) electrons. The van der Waals surface area contributed by atoms with E-state index in [1.54, 1.807) is 19.1 Å². The van der Waals surface area contributed by atoms with Crippen molar-refractivity contribution >= 4 is 11.7 Å². The SMILES string of the molecule is CCOC(=O)c1n[nH]nc1-c1ccc(N(CC)CC)cc1O. The number of aromatic hydroxyl groups is 1. The summed E-state index contributed by atoms with van der Waals surface area (Å²) in [5, 5.41) is 20.4. The highest BCUT2D eigenvalue weighted by Crippen LogP contribution is 2.33. The maximum absolute atomic E-state index is 11.8. The summed E-state index contributed by atoms with van der Waals surface area (Å²) < 4.78 is 4.93. The Morgan fingerprint density at radius 2 is 2.00 bits per heavy atom. The lowest BCUT2D eigenvalue weighted by atomic mass is 10.1. The molecular weight excluding hydrogens is 284 g/mol. The third kappa shape index (κ3) is 3.03. The maximum Gasteiger partial charge on any atom is 0.361 e. The number of nitrogens with zero attached hydrogens (tertiary/aromatic N) is 3. The van der Waals surface area contributed by atoms with Gasteiger partial charge < -0.3 is 14.7 Å². The lowest BCUT2D eigenvalue weighted by molar-refractivity contribution is 0.0520. The molecule has 0 spiro atoms. The molecule has 22 heavy (non-hydrogen) atoms. The molecule has 1 heterocycles. The Kier molecular flexibility index (Phi) is 4.98. The quantitative estimate of drug-likeness (QED) is 0.795. The van der Waals surface area contributed by atoms with Crippen molar-refractivity contribution in [3.05, 3.63) is 23.9 Å². The zero-order valence-corrected chi connectivity index (χ0v) is 13.0. The molecule has 118 valence electrons. The van der Waals surface area contributed by atoms with E-state index in [4.69, 9.17) is 4.74 Å². The van der Waals surface area contributed by atoms with Crippen LogP contribution in [-0.4, -0.2) is 46.2 Å². The summed E-state index contributed by atoms with van der Waals surface area (Å²) in [6.45, 7) is 7.74. The van der Waals surface area contributed by atoms with Gasteiger partial charge in [0.1, 0.15) is 11.4 Å². The summed E-state index contributed by atoms with van der Waals surface area (Å²) in [7, 11) is 0. The molecule has 7 heteroatoms. The third-order valence-electron chi connectivity index (χ3n) is 3.38. The van der Waals surface area contributed by atoms with Crippen molar-refractivity contribution in [2.24, 2.45) is 0 Å². The summed E-state index contributed by atoms with van der Waals surface area (Å²) in [4.78, 5) is 14.0. The van der Waals surface area contributed by atoms with E-state index >= 15 is 0 Å². The Bertz CT molecular complexity index is 650. The molecule has 0 unspecified atom stereocenters. The number of ether oxygens (including phenoxy) is 1. The molecule has 0 aliphatic rings. The minimum absolute atomic E-state index is 0.0452. The van der Waals surface area contributed by atoms with Gasteiger partial charge >= 0.3 is 5.97 Å². The summed E-state index contributed by atoms with van der Waals surface area (Å²) in [5.41, 5.74) is 1.69. The number of aromatic nitrogens is 3. The van der Waals surface area contributed by atoms with Crippen molar-refractivity contribution in [3.8, 4) is 17.0 Å². The number of hydrogen-bond acceptors (Lipinski definition) is 6. The van der Waals surface area contributed by atoms with Crippen LogP contribution in [0.3, 0.4) is 0 Å². The number of carbonyl (C=O) groups excluding carboxylic acids is 1. The fourth-order valence-electron chi connectivity index (χ4n) is 2.27. The molecule has 2 aromatic rings. The van der Waals surface area contributed by atoms with Crippen molar-refractivity contribution in [2.45, 2.75) is 20.8 Å². The highest BCUT2D eigenvalue weighted by Gasteiger charge is 2.21. The van der Waals surface area contributed by atoms with E-state index in [1.165, 1.54) is 0 Å². The maximum atomic E-state index is 11.8. The first kappa shape index (κ1) is 15.8. The summed E-state index contributed by atoms with van der Waals surface area (Å²) in [6, 6.07) is 5.27.